The highest BCUT2D eigenvalue weighted by molar-refractivity contribution is 7.92. The molecule has 0 amide bonds. The van der Waals surface area contributed by atoms with Gasteiger partial charge in [-0.2, -0.15) is 0 Å². The fourth-order valence-electron chi connectivity index (χ4n) is 2.53. The molecule has 0 atom stereocenters. The predicted octanol–water partition coefficient (Wildman–Crippen LogP) is 4.38. The lowest BCUT2D eigenvalue weighted by atomic mass is 9.99. The summed E-state index contributed by atoms with van der Waals surface area (Å²) in [5.41, 5.74) is 1.97. The number of nitro benzene ring substituents is 1. The maximum atomic E-state index is 12.3. The van der Waals surface area contributed by atoms with Gasteiger partial charge in [0.1, 0.15) is 0 Å². The van der Waals surface area contributed by atoms with Crippen molar-refractivity contribution in [2.75, 3.05) is 10.5 Å². The second-order valence-electron chi connectivity index (χ2n) is 6.51. The van der Waals surface area contributed by atoms with E-state index in [1.54, 1.807) is 12.1 Å². The third-order valence-electron chi connectivity index (χ3n) is 4.12. The summed E-state index contributed by atoms with van der Waals surface area (Å²) in [6.07, 6.45) is 2.85. The Morgan fingerprint density at radius 3 is 2.36 bits per heavy atom. The van der Waals surface area contributed by atoms with Crippen LogP contribution in [0.1, 0.15) is 48.2 Å². The average molecular weight is 402 g/mol. The number of nitrogens with one attached hydrogen (secondary N) is 1. The zero-order valence-electron chi connectivity index (χ0n) is 15.9. The molecule has 148 valence electrons. The zero-order valence-corrected chi connectivity index (χ0v) is 16.7. The lowest BCUT2D eigenvalue weighted by Crippen LogP contribution is -2.14. The molecule has 0 radical (unpaired) electrons. The summed E-state index contributed by atoms with van der Waals surface area (Å²) in [6.45, 7) is 5.29. The maximum absolute atomic E-state index is 12.3. The van der Waals surface area contributed by atoms with Gasteiger partial charge in [0.15, 0.2) is 5.78 Å². The van der Waals surface area contributed by atoms with Crippen molar-refractivity contribution < 1.29 is 18.1 Å². The number of nitro groups is 1. The smallest absolute Gasteiger partial charge is 0.273 e. The number of benzene rings is 2. The minimum Gasteiger partial charge on any atom is -0.289 e. The number of allylic oxidation sites excluding steroid dienone is 1. The van der Waals surface area contributed by atoms with Crippen molar-refractivity contribution in [3.63, 3.8) is 0 Å². The van der Waals surface area contributed by atoms with Crippen LogP contribution in [0.2, 0.25) is 0 Å². The van der Waals surface area contributed by atoms with E-state index < -0.39 is 14.9 Å². The Kier molecular flexibility index (Phi) is 6.69. The highest BCUT2D eigenvalue weighted by atomic mass is 32.2. The zero-order chi connectivity index (χ0) is 20.9. The molecule has 28 heavy (non-hydrogen) atoms. The first kappa shape index (κ1) is 21.3. The van der Waals surface area contributed by atoms with Crippen LogP contribution in [0.15, 0.2) is 48.5 Å². The summed E-state index contributed by atoms with van der Waals surface area (Å²) >= 11 is 0. The fraction of sp³-hybridized carbons (Fsp3) is 0.250. The summed E-state index contributed by atoms with van der Waals surface area (Å²) in [6, 6.07) is 10.9. The second kappa shape index (κ2) is 8.79. The predicted molar refractivity (Wildman–Crippen MR) is 110 cm³/mol. The molecule has 0 spiro atoms. The number of carbonyl (C=O) groups excluding carboxylic acids is 1. The average Bonchev–Trinajstić information content (AvgIpc) is 2.66. The monoisotopic (exact) mass is 402 g/mol. The third-order valence-corrected chi connectivity index (χ3v) is 5.43. The molecule has 0 fully saturated rings. The molecule has 0 saturated carbocycles. The molecule has 7 nitrogen and oxygen atoms in total. The first-order valence-electron chi connectivity index (χ1n) is 8.74. The van der Waals surface area contributed by atoms with Crippen LogP contribution in [0.4, 0.5) is 11.4 Å². The summed E-state index contributed by atoms with van der Waals surface area (Å²) < 4.78 is 25.5. The largest absolute Gasteiger partial charge is 0.289 e. The summed E-state index contributed by atoms with van der Waals surface area (Å²) in [5, 5.41) is 11.3. The van der Waals surface area contributed by atoms with Gasteiger partial charge in [-0.05, 0) is 48.7 Å². The molecule has 0 aliphatic heterocycles. The molecule has 1 N–H and O–H groups in total. The van der Waals surface area contributed by atoms with Gasteiger partial charge in [-0.3, -0.25) is 19.6 Å². The summed E-state index contributed by atoms with van der Waals surface area (Å²) in [4.78, 5) is 23.1. The molecule has 0 aliphatic rings. The molecule has 2 aromatic rings. The highest BCUT2D eigenvalue weighted by Crippen LogP contribution is 2.27. The number of anilines is 1. The van der Waals surface area contributed by atoms with Gasteiger partial charge in [0.2, 0.25) is 10.0 Å². The first-order valence-corrected chi connectivity index (χ1v) is 10.4. The van der Waals surface area contributed by atoms with Gasteiger partial charge >= 0.3 is 0 Å². The van der Waals surface area contributed by atoms with E-state index in [9.17, 15) is 23.3 Å². The van der Waals surface area contributed by atoms with Gasteiger partial charge in [-0.1, -0.05) is 32.1 Å². The number of rotatable bonds is 8. The molecule has 2 aromatic carbocycles. The number of hydrogen-bond acceptors (Lipinski definition) is 5. The molecule has 0 bridgehead atoms. The Hall–Kier alpha value is -3.00. The topological polar surface area (TPSA) is 106 Å². The SMILES string of the molecule is CCS(=O)(=O)Nc1ccc(C(=O)/C=C/c2ccc(C(C)C)c([N+](=O)[O-])c2)cc1. The van der Waals surface area contributed by atoms with Crippen LogP contribution in [-0.2, 0) is 10.0 Å². The number of carbonyl (C=O) groups is 1. The van der Waals surface area contributed by atoms with Crippen molar-refractivity contribution in [3.05, 3.63) is 75.3 Å². The van der Waals surface area contributed by atoms with Crippen LogP contribution < -0.4 is 4.72 Å². The van der Waals surface area contributed by atoms with E-state index in [-0.39, 0.29) is 23.1 Å². The van der Waals surface area contributed by atoms with Crippen LogP contribution in [0, 0.1) is 10.1 Å². The van der Waals surface area contributed by atoms with Crippen LogP contribution in [0.3, 0.4) is 0 Å². The second-order valence-corrected chi connectivity index (χ2v) is 8.52. The summed E-state index contributed by atoms with van der Waals surface area (Å²) in [5.74, 6) is -0.317. The minimum atomic E-state index is -3.38. The molecule has 2 rings (SSSR count). The lowest BCUT2D eigenvalue weighted by molar-refractivity contribution is -0.385. The van der Waals surface area contributed by atoms with E-state index >= 15 is 0 Å². The van der Waals surface area contributed by atoms with Crippen molar-refractivity contribution in [2.45, 2.75) is 26.7 Å². The van der Waals surface area contributed by atoms with E-state index in [4.69, 9.17) is 0 Å². The lowest BCUT2D eigenvalue weighted by Gasteiger charge is -2.07. The van der Waals surface area contributed by atoms with Gasteiger partial charge in [-0.25, -0.2) is 8.42 Å². The Bertz CT molecular complexity index is 1010. The minimum absolute atomic E-state index is 0.0173. The van der Waals surface area contributed by atoms with E-state index in [1.165, 1.54) is 49.4 Å². The fourth-order valence-corrected chi connectivity index (χ4v) is 3.17. The van der Waals surface area contributed by atoms with Gasteiger partial charge in [0.25, 0.3) is 5.69 Å². The van der Waals surface area contributed by atoms with Gasteiger partial charge < -0.3 is 0 Å². The van der Waals surface area contributed by atoms with Crippen LogP contribution in [0.25, 0.3) is 6.08 Å². The van der Waals surface area contributed by atoms with Crippen LogP contribution >= 0.6 is 0 Å². The molecule has 0 unspecified atom stereocenters. The quantitative estimate of drug-likeness (QED) is 0.305. The van der Waals surface area contributed by atoms with E-state index in [2.05, 4.69) is 4.72 Å². The Labute approximate surface area is 164 Å². The number of ketones is 1. The van der Waals surface area contributed by atoms with Crippen LogP contribution in [-0.4, -0.2) is 24.9 Å². The van der Waals surface area contributed by atoms with E-state index in [0.717, 1.165) is 0 Å². The van der Waals surface area contributed by atoms with Crippen molar-refractivity contribution >= 4 is 33.3 Å². The third kappa shape index (κ3) is 5.50. The number of sulfonamides is 1. The normalized spacial score (nSPS) is 11.7. The number of hydrogen-bond donors (Lipinski definition) is 1. The molecular formula is C20H22N2O5S. The van der Waals surface area contributed by atoms with Gasteiger partial charge in [0, 0.05) is 22.9 Å². The molecule has 0 saturated heterocycles. The molecular weight excluding hydrogens is 380 g/mol. The van der Waals surface area contributed by atoms with E-state index in [0.29, 0.717) is 22.4 Å². The molecule has 0 aromatic heterocycles. The Morgan fingerprint density at radius 1 is 1.18 bits per heavy atom. The molecule has 0 heterocycles. The van der Waals surface area contributed by atoms with Gasteiger partial charge in [0.05, 0.1) is 10.7 Å². The van der Waals surface area contributed by atoms with Gasteiger partial charge in [-0.15, -0.1) is 0 Å². The standard InChI is InChI=1S/C20H22N2O5S/c1-4-28(26,27)21-17-9-7-16(8-10-17)20(23)12-6-15-5-11-18(14(2)3)19(13-15)22(24)25/h5-14,21H,4H2,1-3H3/b12-6+. The van der Waals surface area contributed by atoms with Crippen molar-refractivity contribution in [1.82, 2.24) is 0 Å². The highest BCUT2D eigenvalue weighted by Gasteiger charge is 2.16. The number of nitrogens with zero attached hydrogens (tertiary/aromatic N) is 1. The molecule has 0 aliphatic carbocycles. The van der Waals surface area contributed by atoms with Crippen molar-refractivity contribution in [3.8, 4) is 0 Å². The van der Waals surface area contributed by atoms with Crippen molar-refractivity contribution in [2.24, 2.45) is 0 Å². The summed E-state index contributed by atoms with van der Waals surface area (Å²) in [7, 11) is -3.38. The Morgan fingerprint density at radius 2 is 1.82 bits per heavy atom. The van der Waals surface area contributed by atoms with Crippen LogP contribution in [0.5, 0.6) is 0 Å². The van der Waals surface area contributed by atoms with E-state index in [1.807, 2.05) is 13.8 Å². The maximum Gasteiger partial charge on any atom is 0.273 e. The molecule has 8 heteroatoms. The Balaban J connectivity index is 2.17. The van der Waals surface area contributed by atoms with Crippen molar-refractivity contribution in [1.29, 1.82) is 0 Å². The first-order chi connectivity index (χ1) is 13.1.